The van der Waals surface area contributed by atoms with Crippen molar-refractivity contribution in [1.29, 1.82) is 0 Å². The Morgan fingerprint density at radius 1 is 1.23 bits per heavy atom. The average Bonchev–Trinajstić information content (AvgIpc) is 2.33. The maximum atomic E-state index is 11.7. The van der Waals surface area contributed by atoms with Crippen LogP contribution in [0, 0.1) is 5.41 Å². The zero-order chi connectivity index (χ0) is 17.6. The van der Waals surface area contributed by atoms with Gasteiger partial charge in [0.15, 0.2) is 0 Å². The third-order valence-corrected chi connectivity index (χ3v) is 3.00. The molecule has 0 amide bonds. The molecular formula is C16H30NO5+. The smallest absolute Gasteiger partial charge is 0.333 e. The molecule has 22 heavy (non-hydrogen) atoms. The lowest BCUT2D eigenvalue weighted by Gasteiger charge is -2.31. The van der Waals surface area contributed by atoms with Crippen LogP contribution in [0.15, 0.2) is 12.2 Å². The predicted octanol–water partition coefficient (Wildman–Crippen LogP) is 1.13. The molecule has 0 aliphatic rings. The lowest BCUT2D eigenvalue weighted by atomic mass is 9.97. The summed E-state index contributed by atoms with van der Waals surface area (Å²) in [5.41, 5.74) is -0.219. The van der Waals surface area contributed by atoms with Gasteiger partial charge in [-0.05, 0) is 27.7 Å². The Hall–Kier alpha value is -1.40. The van der Waals surface area contributed by atoms with Crippen molar-refractivity contribution in [2.45, 2.75) is 33.8 Å². The number of nitrogens with zero attached hydrogens (tertiary/aromatic N) is 1. The van der Waals surface area contributed by atoms with E-state index >= 15 is 0 Å². The largest absolute Gasteiger partial charge is 0.459 e. The van der Waals surface area contributed by atoms with Gasteiger partial charge in [-0.2, -0.15) is 0 Å². The molecule has 0 heterocycles. The van der Waals surface area contributed by atoms with Crippen molar-refractivity contribution in [3.05, 3.63) is 12.2 Å². The number of hydrogen-bond donors (Lipinski definition) is 1. The molecule has 0 rings (SSSR count). The fourth-order valence-corrected chi connectivity index (χ4v) is 1.61. The number of aliphatic hydroxyl groups is 1. The van der Waals surface area contributed by atoms with Crippen molar-refractivity contribution in [2.24, 2.45) is 5.41 Å². The molecule has 0 aliphatic heterocycles. The van der Waals surface area contributed by atoms with Gasteiger partial charge >= 0.3 is 11.9 Å². The van der Waals surface area contributed by atoms with Crippen molar-refractivity contribution in [3.8, 4) is 0 Å². The minimum absolute atomic E-state index is 0.0743. The molecule has 0 saturated carbocycles. The minimum Gasteiger partial charge on any atom is -0.459 e. The van der Waals surface area contributed by atoms with E-state index in [1.54, 1.807) is 27.7 Å². The number of esters is 2. The molecule has 0 aromatic heterocycles. The van der Waals surface area contributed by atoms with Crippen LogP contribution in [0.2, 0.25) is 0 Å². The summed E-state index contributed by atoms with van der Waals surface area (Å²) >= 11 is 0. The van der Waals surface area contributed by atoms with Gasteiger partial charge in [-0.1, -0.05) is 6.58 Å². The summed E-state index contributed by atoms with van der Waals surface area (Å²) in [5.74, 6) is -0.757. The number of likely N-dealkylation sites (N-methyl/N-ethyl adjacent to an activating group) is 1. The van der Waals surface area contributed by atoms with Crippen LogP contribution >= 0.6 is 0 Å². The standard InChI is InChI=1S/C16H30NO5/c1-12(2)14(19)22-11-13(18)10-17(6,7)8-9-21-15(20)16(3,4)5/h13,18H,1,8-11H2,2-7H3/q+1. The predicted molar refractivity (Wildman–Crippen MR) is 84.0 cm³/mol. The molecular weight excluding hydrogens is 286 g/mol. The Morgan fingerprint density at radius 2 is 1.77 bits per heavy atom. The molecule has 128 valence electrons. The molecule has 6 heteroatoms. The Bertz CT molecular complexity index is 409. The first-order valence-electron chi connectivity index (χ1n) is 7.35. The summed E-state index contributed by atoms with van der Waals surface area (Å²) in [6, 6.07) is 0. The van der Waals surface area contributed by atoms with E-state index in [0.717, 1.165) is 0 Å². The molecule has 0 spiro atoms. The van der Waals surface area contributed by atoms with E-state index < -0.39 is 17.5 Å². The molecule has 6 nitrogen and oxygen atoms in total. The lowest BCUT2D eigenvalue weighted by Crippen LogP contribution is -2.49. The highest BCUT2D eigenvalue weighted by molar-refractivity contribution is 5.86. The summed E-state index contributed by atoms with van der Waals surface area (Å²) in [6.07, 6.45) is -0.781. The SMILES string of the molecule is C=C(C)C(=O)OCC(O)C[N+](C)(C)CCOC(=O)C(C)(C)C. The van der Waals surface area contributed by atoms with Crippen LogP contribution in [0.1, 0.15) is 27.7 Å². The Labute approximate surface area is 133 Å². The summed E-state index contributed by atoms with van der Waals surface area (Å²) in [4.78, 5) is 22.9. The van der Waals surface area contributed by atoms with Crippen molar-refractivity contribution < 1.29 is 28.7 Å². The molecule has 1 atom stereocenters. The van der Waals surface area contributed by atoms with Crippen molar-refractivity contribution in [1.82, 2.24) is 0 Å². The number of quaternary nitrogens is 1. The zero-order valence-electron chi connectivity index (χ0n) is 14.6. The molecule has 0 saturated heterocycles. The van der Waals surface area contributed by atoms with Crippen molar-refractivity contribution in [3.63, 3.8) is 0 Å². The fourth-order valence-electron chi connectivity index (χ4n) is 1.61. The zero-order valence-corrected chi connectivity index (χ0v) is 14.6. The molecule has 0 aromatic carbocycles. The van der Waals surface area contributed by atoms with E-state index in [4.69, 9.17) is 9.47 Å². The Morgan fingerprint density at radius 3 is 2.23 bits per heavy atom. The van der Waals surface area contributed by atoms with Crippen LogP contribution < -0.4 is 0 Å². The minimum atomic E-state index is -0.781. The van der Waals surface area contributed by atoms with Gasteiger partial charge in [0, 0.05) is 5.57 Å². The number of carbonyl (C=O) groups excluding carboxylic acids is 2. The van der Waals surface area contributed by atoms with Crippen LogP contribution in [0.25, 0.3) is 0 Å². The number of ether oxygens (including phenoxy) is 2. The number of hydrogen-bond acceptors (Lipinski definition) is 5. The molecule has 1 unspecified atom stereocenters. The molecule has 0 radical (unpaired) electrons. The number of carbonyl (C=O) groups is 2. The molecule has 1 N–H and O–H groups in total. The highest BCUT2D eigenvalue weighted by Crippen LogP contribution is 2.15. The molecule has 0 fully saturated rings. The first-order valence-corrected chi connectivity index (χ1v) is 7.35. The van der Waals surface area contributed by atoms with Crippen molar-refractivity contribution >= 4 is 11.9 Å². The fraction of sp³-hybridized carbons (Fsp3) is 0.750. The van der Waals surface area contributed by atoms with Crippen LogP contribution in [-0.2, 0) is 19.1 Å². The normalized spacial score (nSPS) is 13.4. The van der Waals surface area contributed by atoms with E-state index in [1.807, 2.05) is 14.1 Å². The van der Waals surface area contributed by atoms with E-state index in [-0.39, 0.29) is 19.2 Å². The highest BCUT2D eigenvalue weighted by atomic mass is 16.5. The highest BCUT2D eigenvalue weighted by Gasteiger charge is 2.26. The molecule has 0 aliphatic carbocycles. The second kappa shape index (κ2) is 8.29. The second-order valence-corrected chi connectivity index (χ2v) is 7.26. The van der Waals surface area contributed by atoms with Gasteiger partial charge in [-0.3, -0.25) is 4.79 Å². The van der Waals surface area contributed by atoms with Crippen LogP contribution in [-0.4, -0.2) is 68.0 Å². The summed E-state index contributed by atoms with van der Waals surface area (Å²) in [7, 11) is 3.82. The topological polar surface area (TPSA) is 72.8 Å². The second-order valence-electron chi connectivity index (χ2n) is 7.26. The Kier molecular flexibility index (Phi) is 7.76. The van der Waals surface area contributed by atoms with Gasteiger partial charge in [0.25, 0.3) is 0 Å². The third kappa shape index (κ3) is 8.79. The maximum absolute atomic E-state index is 11.7. The monoisotopic (exact) mass is 316 g/mol. The van der Waals surface area contributed by atoms with E-state index in [9.17, 15) is 14.7 Å². The van der Waals surface area contributed by atoms with Crippen LogP contribution in [0.4, 0.5) is 0 Å². The van der Waals surface area contributed by atoms with Gasteiger partial charge in [0.2, 0.25) is 0 Å². The molecule has 0 bridgehead atoms. The first kappa shape index (κ1) is 20.6. The van der Waals surface area contributed by atoms with Crippen LogP contribution in [0.3, 0.4) is 0 Å². The summed E-state index contributed by atoms with van der Waals surface area (Å²) < 4.78 is 10.6. The number of aliphatic hydroxyl groups excluding tert-OH is 1. The van der Waals surface area contributed by atoms with Crippen LogP contribution in [0.5, 0.6) is 0 Å². The van der Waals surface area contributed by atoms with Gasteiger partial charge < -0.3 is 19.1 Å². The summed E-state index contributed by atoms with van der Waals surface area (Å²) in [6.45, 7) is 11.6. The van der Waals surface area contributed by atoms with Gasteiger partial charge in [-0.15, -0.1) is 0 Å². The maximum Gasteiger partial charge on any atom is 0.333 e. The van der Waals surface area contributed by atoms with E-state index in [2.05, 4.69) is 6.58 Å². The van der Waals surface area contributed by atoms with E-state index in [0.29, 0.717) is 23.1 Å². The molecule has 0 aromatic rings. The Balaban J connectivity index is 4.15. The first-order chi connectivity index (χ1) is 9.85. The number of rotatable bonds is 8. The van der Waals surface area contributed by atoms with E-state index in [1.165, 1.54) is 0 Å². The van der Waals surface area contributed by atoms with Gasteiger partial charge in [-0.25, -0.2) is 4.79 Å². The lowest BCUT2D eigenvalue weighted by molar-refractivity contribution is -0.893. The summed E-state index contributed by atoms with van der Waals surface area (Å²) in [5, 5.41) is 9.92. The quantitative estimate of drug-likeness (QED) is 0.413. The van der Waals surface area contributed by atoms with Crippen molar-refractivity contribution in [2.75, 3.05) is 40.4 Å². The van der Waals surface area contributed by atoms with Gasteiger partial charge in [0.1, 0.15) is 32.4 Å². The van der Waals surface area contributed by atoms with Gasteiger partial charge in [0.05, 0.1) is 19.5 Å². The third-order valence-electron chi connectivity index (χ3n) is 3.00. The average molecular weight is 316 g/mol.